The monoisotopic (exact) mass is 252 g/mol. The van der Waals surface area contributed by atoms with E-state index in [4.69, 9.17) is 9.47 Å². The molecule has 0 radical (unpaired) electrons. The van der Waals surface area contributed by atoms with E-state index in [0.717, 1.165) is 24.7 Å². The SMILES string of the molecule is COCOCc1ccc([C@@H](C=O)C2CC2)cc1F. The van der Waals surface area contributed by atoms with E-state index in [1.807, 2.05) is 6.07 Å². The Morgan fingerprint density at radius 1 is 1.50 bits per heavy atom. The van der Waals surface area contributed by atoms with Crippen LogP contribution in [0.5, 0.6) is 0 Å². The van der Waals surface area contributed by atoms with Gasteiger partial charge in [-0.05, 0) is 30.4 Å². The molecule has 98 valence electrons. The fourth-order valence-corrected chi connectivity index (χ4v) is 2.04. The third-order valence-corrected chi connectivity index (χ3v) is 3.20. The third-order valence-electron chi connectivity index (χ3n) is 3.20. The molecule has 3 nitrogen and oxygen atoms in total. The van der Waals surface area contributed by atoms with Crippen LogP contribution in [-0.2, 0) is 20.9 Å². The van der Waals surface area contributed by atoms with Crippen molar-refractivity contribution in [2.24, 2.45) is 5.92 Å². The minimum absolute atomic E-state index is 0.139. The molecular formula is C14H17FO3. The van der Waals surface area contributed by atoms with E-state index in [1.165, 1.54) is 13.2 Å². The van der Waals surface area contributed by atoms with Gasteiger partial charge in [0.2, 0.25) is 0 Å². The fraction of sp³-hybridized carbons (Fsp3) is 0.500. The molecule has 0 spiro atoms. The van der Waals surface area contributed by atoms with Gasteiger partial charge < -0.3 is 14.3 Å². The Hall–Kier alpha value is -1.26. The number of hydrogen-bond acceptors (Lipinski definition) is 3. The summed E-state index contributed by atoms with van der Waals surface area (Å²) in [5, 5.41) is 0. The van der Waals surface area contributed by atoms with E-state index >= 15 is 0 Å². The second-order valence-corrected chi connectivity index (χ2v) is 4.61. The van der Waals surface area contributed by atoms with Gasteiger partial charge in [-0.2, -0.15) is 0 Å². The Kier molecular flexibility index (Phi) is 4.44. The van der Waals surface area contributed by atoms with Crippen molar-refractivity contribution >= 4 is 6.29 Å². The number of methoxy groups -OCH3 is 1. The molecule has 1 fully saturated rings. The zero-order valence-electron chi connectivity index (χ0n) is 10.4. The molecule has 1 aliphatic carbocycles. The Morgan fingerprint density at radius 3 is 2.83 bits per heavy atom. The van der Waals surface area contributed by atoms with Gasteiger partial charge >= 0.3 is 0 Å². The lowest BCUT2D eigenvalue weighted by atomic mass is 9.95. The average molecular weight is 252 g/mol. The van der Waals surface area contributed by atoms with Crippen molar-refractivity contribution < 1.29 is 18.7 Å². The van der Waals surface area contributed by atoms with Crippen LogP contribution in [0.25, 0.3) is 0 Å². The van der Waals surface area contributed by atoms with Crippen molar-refractivity contribution in [3.63, 3.8) is 0 Å². The molecule has 0 amide bonds. The van der Waals surface area contributed by atoms with Crippen molar-refractivity contribution in [3.8, 4) is 0 Å². The summed E-state index contributed by atoms with van der Waals surface area (Å²) in [6.07, 6.45) is 3.04. The summed E-state index contributed by atoms with van der Waals surface area (Å²) in [6, 6.07) is 4.94. The summed E-state index contributed by atoms with van der Waals surface area (Å²) in [5.41, 5.74) is 1.25. The molecule has 0 bridgehead atoms. The number of carbonyl (C=O) groups excluding carboxylic acids is 1. The van der Waals surface area contributed by atoms with Gasteiger partial charge in [0, 0.05) is 18.6 Å². The van der Waals surface area contributed by atoms with Crippen LogP contribution in [0.4, 0.5) is 4.39 Å². The van der Waals surface area contributed by atoms with Gasteiger partial charge in [-0.25, -0.2) is 4.39 Å². The predicted octanol–water partition coefficient (Wildman–Crippen LogP) is 2.64. The van der Waals surface area contributed by atoms with Crippen LogP contribution >= 0.6 is 0 Å². The van der Waals surface area contributed by atoms with Crippen LogP contribution < -0.4 is 0 Å². The molecule has 0 aliphatic heterocycles. The standard InChI is InChI=1S/C14H17FO3/c1-17-9-18-8-12-5-4-11(6-14(12)15)13(7-16)10-2-3-10/h4-7,10,13H,2-3,8-9H2,1H3/t13-/m0/s1. The van der Waals surface area contributed by atoms with Crippen LogP contribution in [-0.4, -0.2) is 20.2 Å². The maximum atomic E-state index is 13.8. The van der Waals surface area contributed by atoms with Gasteiger partial charge in [0.1, 0.15) is 18.9 Å². The van der Waals surface area contributed by atoms with E-state index in [-0.39, 0.29) is 25.1 Å². The van der Waals surface area contributed by atoms with Crippen molar-refractivity contribution in [1.29, 1.82) is 0 Å². The molecule has 2 rings (SSSR count). The van der Waals surface area contributed by atoms with E-state index in [9.17, 15) is 9.18 Å². The molecular weight excluding hydrogens is 235 g/mol. The molecule has 0 aromatic heterocycles. The first kappa shape index (κ1) is 13.2. The lowest BCUT2D eigenvalue weighted by Gasteiger charge is -2.11. The smallest absolute Gasteiger partial charge is 0.146 e. The molecule has 1 aromatic carbocycles. The fourth-order valence-electron chi connectivity index (χ4n) is 2.04. The van der Waals surface area contributed by atoms with Crippen LogP contribution in [0.15, 0.2) is 18.2 Å². The minimum atomic E-state index is -0.323. The van der Waals surface area contributed by atoms with Crippen molar-refractivity contribution in [1.82, 2.24) is 0 Å². The van der Waals surface area contributed by atoms with E-state index in [0.29, 0.717) is 11.5 Å². The molecule has 0 saturated heterocycles. The zero-order chi connectivity index (χ0) is 13.0. The van der Waals surface area contributed by atoms with E-state index < -0.39 is 0 Å². The second kappa shape index (κ2) is 6.07. The number of hydrogen-bond donors (Lipinski definition) is 0. The van der Waals surface area contributed by atoms with E-state index in [2.05, 4.69) is 0 Å². The lowest BCUT2D eigenvalue weighted by Crippen LogP contribution is -2.05. The van der Waals surface area contributed by atoms with Gasteiger partial charge in [0.15, 0.2) is 0 Å². The number of benzene rings is 1. The minimum Gasteiger partial charge on any atom is -0.359 e. The number of halogens is 1. The molecule has 18 heavy (non-hydrogen) atoms. The van der Waals surface area contributed by atoms with Crippen LogP contribution in [0.3, 0.4) is 0 Å². The molecule has 1 atom stereocenters. The highest BCUT2D eigenvalue weighted by Gasteiger charge is 2.32. The molecule has 4 heteroatoms. The van der Waals surface area contributed by atoms with Crippen LogP contribution in [0, 0.1) is 11.7 Å². The number of rotatable bonds is 7. The quantitative estimate of drug-likeness (QED) is 0.425. The lowest BCUT2D eigenvalue weighted by molar-refractivity contribution is -0.109. The van der Waals surface area contributed by atoms with Crippen molar-refractivity contribution in [2.45, 2.75) is 25.4 Å². The number of ether oxygens (including phenoxy) is 2. The van der Waals surface area contributed by atoms with E-state index in [1.54, 1.807) is 6.07 Å². The van der Waals surface area contributed by atoms with Gasteiger partial charge in [0.05, 0.1) is 6.61 Å². The van der Waals surface area contributed by atoms with Crippen LogP contribution in [0.1, 0.15) is 29.9 Å². The van der Waals surface area contributed by atoms with Gasteiger partial charge in [0.25, 0.3) is 0 Å². The topological polar surface area (TPSA) is 35.5 Å². The Bertz CT molecular complexity index is 416. The zero-order valence-corrected chi connectivity index (χ0v) is 10.4. The summed E-state index contributed by atoms with van der Waals surface area (Å²) in [4.78, 5) is 11.0. The molecule has 1 saturated carbocycles. The molecule has 1 aromatic rings. The Balaban J connectivity index is 2.06. The molecule has 0 heterocycles. The van der Waals surface area contributed by atoms with Gasteiger partial charge in [-0.1, -0.05) is 12.1 Å². The highest BCUT2D eigenvalue weighted by Crippen LogP contribution is 2.41. The number of aldehydes is 1. The summed E-state index contributed by atoms with van der Waals surface area (Å²) in [6.45, 7) is 0.315. The first-order chi connectivity index (χ1) is 8.76. The Morgan fingerprint density at radius 2 is 2.28 bits per heavy atom. The number of carbonyl (C=O) groups is 1. The van der Waals surface area contributed by atoms with Gasteiger partial charge in [-0.3, -0.25) is 0 Å². The normalized spacial score (nSPS) is 16.6. The highest BCUT2D eigenvalue weighted by molar-refractivity contribution is 5.63. The maximum absolute atomic E-state index is 13.8. The Labute approximate surface area is 106 Å². The van der Waals surface area contributed by atoms with Gasteiger partial charge in [-0.15, -0.1) is 0 Å². The summed E-state index contributed by atoms with van der Waals surface area (Å²) in [5.74, 6) is -0.0814. The first-order valence-corrected chi connectivity index (χ1v) is 6.06. The largest absolute Gasteiger partial charge is 0.359 e. The maximum Gasteiger partial charge on any atom is 0.146 e. The predicted molar refractivity (Wildman–Crippen MR) is 64.6 cm³/mol. The second-order valence-electron chi connectivity index (χ2n) is 4.61. The third kappa shape index (κ3) is 3.15. The summed E-state index contributed by atoms with van der Waals surface area (Å²) < 4.78 is 23.7. The summed E-state index contributed by atoms with van der Waals surface area (Å²) >= 11 is 0. The van der Waals surface area contributed by atoms with Crippen molar-refractivity contribution in [2.75, 3.05) is 13.9 Å². The highest BCUT2D eigenvalue weighted by atomic mass is 19.1. The molecule has 1 aliphatic rings. The van der Waals surface area contributed by atoms with Crippen molar-refractivity contribution in [3.05, 3.63) is 35.1 Å². The molecule has 0 unspecified atom stereocenters. The first-order valence-electron chi connectivity index (χ1n) is 6.06. The molecule has 0 N–H and O–H groups in total. The summed E-state index contributed by atoms with van der Waals surface area (Å²) in [7, 11) is 1.52. The van der Waals surface area contributed by atoms with Crippen LogP contribution in [0.2, 0.25) is 0 Å². The average Bonchev–Trinajstić information content (AvgIpc) is 3.17.